The number of aromatic amines is 1. The Kier molecular flexibility index (Phi) is 9.31. The number of ether oxygens (including phenoxy) is 2. The van der Waals surface area contributed by atoms with E-state index in [1.54, 1.807) is 7.11 Å². The first-order valence-corrected chi connectivity index (χ1v) is 15.2. The second kappa shape index (κ2) is 13.9. The number of hydrogen-bond donors (Lipinski definition) is 4. The summed E-state index contributed by atoms with van der Waals surface area (Å²) < 4.78 is 11.6. The van der Waals surface area contributed by atoms with Crippen molar-refractivity contribution in [3.05, 3.63) is 126 Å². The van der Waals surface area contributed by atoms with E-state index in [0.717, 1.165) is 64.4 Å². The van der Waals surface area contributed by atoms with Gasteiger partial charge < -0.3 is 30.4 Å². The first-order valence-electron chi connectivity index (χ1n) is 15.2. The molecule has 2 heterocycles. The maximum Gasteiger partial charge on any atom is 0.242 e. The lowest BCUT2D eigenvalue weighted by atomic mass is 9.84. The van der Waals surface area contributed by atoms with E-state index < -0.39 is 6.04 Å². The average Bonchev–Trinajstić information content (AvgIpc) is 3.51. The molecule has 8 heteroatoms. The van der Waals surface area contributed by atoms with Crippen LogP contribution in [-0.2, 0) is 16.0 Å². The molecule has 1 aliphatic heterocycles. The second-order valence-electron chi connectivity index (χ2n) is 11.2. The van der Waals surface area contributed by atoms with E-state index in [9.17, 15) is 4.79 Å². The molecule has 4 aromatic carbocycles. The molecule has 226 valence electrons. The zero-order chi connectivity index (χ0) is 30.3. The lowest BCUT2D eigenvalue weighted by Crippen LogP contribution is -2.43. The number of hydrogen-bond acceptors (Lipinski definition) is 6. The number of methoxy groups -OCH3 is 1. The van der Waals surface area contributed by atoms with Gasteiger partial charge in [0.15, 0.2) is 0 Å². The molecule has 0 aliphatic carbocycles. The molecule has 1 unspecified atom stereocenters. The minimum absolute atomic E-state index is 0.00290. The molecule has 1 aromatic heterocycles. The number of nitrogens with zero attached hydrogens (tertiary/aromatic N) is 1. The predicted octanol–water partition coefficient (Wildman–Crippen LogP) is 5.59. The molecule has 8 nitrogen and oxygen atoms in total. The van der Waals surface area contributed by atoms with E-state index in [0.29, 0.717) is 6.61 Å². The number of rotatable bonds is 11. The van der Waals surface area contributed by atoms with Crippen molar-refractivity contribution in [2.75, 3.05) is 32.6 Å². The molecule has 6 rings (SSSR count). The predicted molar refractivity (Wildman–Crippen MR) is 174 cm³/mol. The SMILES string of the molecule is CNC(C(=O)Nc1ccccc1CC[C@@H]1CN[C@H](c2nc3ccc(OC)cc3[nH]2)CO1)C(c1ccccc1)c1ccccc1. The van der Waals surface area contributed by atoms with Crippen LogP contribution >= 0.6 is 0 Å². The molecule has 1 amide bonds. The van der Waals surface area contributed by atoms with Gasteiger partial charge >= 0.3 is 0 Å². The number of likely N-dealkylation sites (N-methyl/N-ethyl adjacent to an activating group) is 1. The number of aryl methyl sites for hydroxylation is 1. The number of nitrogens with one attached hydrogen (secondary N) is 4. The van der Waals surface area contributed by atoms with Crippen molar-refractivity contribution in [1.82, 2.24) is 20.6 Å². The molecule has 0 spiro atoms. The first-order chi connectivity index (χ1) is 21.6. The maximum absolute atomic E-state index is 13.8. The molecule has 44 heavy (non-hydrogen) atoms. The Labute approximate surface area is 258 Å². The van der Waals surface area contributed by atoms with Crippen LogP contribution in [0.2, 0.25) is 0 Å². The molecule has 3 atom stereocenters. The molecule has 1 fully saturated rings. The number of aromatic nitrogens is 2. The Morgan fingerprint density at radius 2 is 1.68 bits per heavy atom. The van der Waals surface area contributed by atoms with Crippen LogP contribution in [0.4, 0.5) is 5.69 Å². The summed E-state index contributed by atoms with van der Waals surface area (Å²) in [6.45, 7) is 1.25. The molecule has 4 N–H and O–H groups in total. The summed E-state index contributed by atoms with van der Waals surface area (Å²) in [4.78, 5) is 22.0. The van der Waals surface area contributed by atoms with Gasteiger partial charge in [-0.05, 0) is 54.8 Å². The van der Waals surface area contributed by atoms with Crippen molar-refractivity contribution in [3.8, 4) is 5.75 Å². The topological polar surface area (TPSA) is 100 Å². The van der Waals surface area contributed by atoms with E-state index in [4.69, 9.17) is 14.5 Å². The van der Waals surface area contributed by atoms with Gasteiger partial charge in [-0.3, -0.25) is 4.79 Å². The summed E-state index contributed by atoms with van der Waals surface area (Å²) in [6, 6.07) is 33.8. The molecule has 0 bridgehead atoms. The van der Waals surface area contributed by atoms with Crippen LogP contribution in [0.15, 0.2) is 103 Å². The van der Waals surface area contributed by atoms with E-state index in [1.165, 1.54) is 0 Å². The van der Waals surface area contributed by atoms with Crippen LogP contribution in [0.3, 0.4) is 0 Å². The van der Waals surface area contributed by atoms with Crippen molar-refractivity contribution < 1.29 is 14.3 Å². The smallest absolute Gasteiger partial charge is 0.242 e. The van der Waals surface area contributed by atoms with Crippen LogP contribution in [-0.4, -0.2) is 55.3 Å². The van der Waals surface area contributed by atoms with Crippen molar-refractivity contribution in [2.45, 2.75) is 36.9 Å². The van der Waals surface area contributed by atoms with Crippen molar-refractivity contribution in [3.63, 3.8) is 0 Å². The minimum Gasteiger partial charge on any atom is -0.497 e. The Morgan fingerprint density at radius 3 is 2.34 bits per heavy atom. The minimum atomic E-state index is -0.463. The van der Waals surface area contributed by atoms with Crippen molar-refractivity contribution in [1.29, 1.82) is 0 Å². The quantitative estimate of drug-likeness (QED) is 0.160. The van der Waals surface area contributed by atoms with E-state index in [2.05, 4.69) is 51.3 Å². The Bertz CT molecular complexity index is 1630. The van der Waals surface area contributed by atoms with Gasteiger partial charge in [0.2, 0.25) is 5.91 Å². The largest absolute Gasteiger partial charge is 0.497 e. The van der Waals surface area contributed by atoms with Gasteiger partial charge in [-0.15, -0.1) is 0 Å². The highest BCUT2D eigenvalue weighted by atomic mass is 16.5. The zero-order valence-corrected chi connectivity index (χ0v) is 25.1. The number of morpholine rings is 1. The van der Waals surface area contributed by atoms with Gasteiger partial charge in [-0.2, -0.15) is 0 Å². The van der Waals surface area contributed by atoms with Gasteiger partial charge in [-0.1, -0.05) is 78.9 Å². The van der Waals surface area contributed by atoms with Crippen LogP contribution in [0, 0.1) is 0 Å². The molecule has 0 saturated carbocycles. The summed E-state index contributed by atoms with van der Waals surface area (Å²) in [5, 5.41) is 10.1. The second-order valence-corrected chi connectivity index (χ2v) is 11.2. The monoisotopic (exact) mass is 589 g/mol. The summed E-state index contributed by atoms with van der Waals surface area (Å²) in [5.74, 6) is 1.45. The van der Waals surface area contributed by atoms with E-state index in [-0.39, 0.29) is 24.0 Å². The van der Waals surface area contributed by atoms with Crippen LogP contribution in [0.1, 0.15) is 40.9 Å². The summed E-state index contributed by atoms with van der Waals surface area (Å²) in [7, 11) is 3.51. The summed E-state index contributed by atoms with van der Waals surface area (Å²) in [5.41, 5.74) is 5.94. The fourth-order valence-electron chi connectivity index (χ4n) is 6.02. The average molecular weight is 590 g/mol. The third-order valence-corrected chi connectivity index (χ3v) is 8.38. The summed E-state index contributed by atoms with van der Waals surface area (Å²) in [6.07, 6.45) is 1.67. The number of H-pyrrole nitrogens is 1. The third-order valence-electron chi connectivity index (χ3n) is 8.38. The first kappa shape index (κ1) is 29.6. The fourth-order valence-corrected chi connectivity index (χ4v) is 6.02. The maximum atomic E-state index is 13.8. The fraction of sp³-hybridized carbons (Fsp3) is 0.278. The molecule has 1 aliphatic rings. The van der Waals surface area contributed by atoms with Crippen molar-refractivity contribution >= 4 is 22.6 Å². The molecule has 5 aromatic rings. The number of carbonyl (C=O) groups excluding carboxylic acids is 1. The number of imidazole rings is 1. The zero-order valence-electron chi connectivity index (χ0n) is 25.1. The van der Waals surface area contributed by atoms with Gasteiger partial charge in [0.1, 0.15) is 11.6 Å². The molecular formula is C36H39N5O3. The van der Waals surface area contributed by atoms with Crippen LogP contribution < -0.4 is 20.7 Å². The number of amides is 1. The van der Waals surface area contributed by atoms with Crippen LogP contribution in [0.25, 0.3) is 11.0 Å². The van der Waals surface area contributed by atoms with E-state index >= 15 is 0 Å². The Balaban J connectivity index is 1.09. The molecular weight excluding hydrogens is 550 g/mol. The third kappa shape index (κ3) is 6.68. The van der Waals surface area contributed by atoms with Gasteiger partial charge in [0.05, 0.1) is 42.9 Å². The Morgan fingerprint density at radius 1 is 0.977 bits per heavy atom. The number of anilines is 1. The highest BCUT2D eigenvalue weighted by molar-refractivity contribution is 5.96. The molecule has 1 saturated heterocycles. The van der Waals surface area contributed by atoms with Crippen molar-refractivity contribution in [2.24, 2.45) is 0 Å². The number of fused-ring (bicyclic) bond motifs is 1. The van der Waals surface area contributed by atoms with Gasteiger partial charge in [0.25, 0.3) is 0 Å². The summed E-state index contributed by atoms with van der Waals surface area (Å²) >= 11 is 0. The number of benzene rings is 4. The van der Waals surface area contributed by atoms with Gasteiger partial charge in [0, 0.05) is 24.2 Å². The highest BCUT2D eigenvalue weighted by Crippen LogP contribution is 2.30. The lowest BCUT2D eigenvalue weighted by Gasteiger charge is -2.30. The number of para-hydroxylation sites is 1. The van der Waals surface area contributed by atoms with Crippen LogP contribution in [0.5, 0.6) is 5.75 Å². The Hall–Kier alpha value is -4.50. The highest BCUT2D eigenvalue weighted by Gasteiger charge is 2.30. The standard InChI is InChI=1S/C36H39N5O3/c1-37-34(33(25-12-5-3-6-13-25)26-14-7-4-8-15-26)36(42)41-29-16-10-9-11-24(29)17-18-28-22-38-32(23-44-28)35-39-30-20-19-27(43-2)21-31(30)40-35/h3-16,19-21,28,32-34,37-38H,17-18,22-23H2,1-2H3,(H,39,40)(H,41,42)/t28-,32+,34?/m1/s1. The number of carbonyl (C=O) groups is 1. The van der Waals surface area contributed by atoms with Gasteiger partial charge in [-0.25, -0.2) is 4.98 Å². The van der Waals surface area contributed by atoms with E-state index in [1.807, 2.05) is 79.8 Å². The normalized spacial score (nSPS) is 17.4. The lowest BCUT2D eigenvalue weighted by molar-refractivity contribution is -0.118. The molecule has 0 radical (unpaired) electrons.